The standard InChI is InChI=1S/C38H74N6O10/c1-3-5-23-49-25-27-51-29-31-53-37(47)41-21-15-9-7-13-19-39-35(45)43-33-17-11-12-18-34(33)44-36(46)40-20-14-8-10-16-22-42-38(48)54-32-30-52-28-26-50-24-6-4-2/h33-34H,3-32H2,1-2H3,(H,41,47)(H,42,48)(H2,39,43,45)(H2,40,44,46)/t33-,34-/m0/s1. The summed E-state index contributed by atoms with van der Waals surface area (Å²) in [5, 5.41) is 17.4. The Hall–Kier alpha value is -3.08. The highest BCUT2D eigenvalue weighted by molar-refractivity contribution is 5.76. The highest BCUT2D eigenvalue weighted by Gasteiger charge is 2.27. The van der Waals surface area contributed by atoms with Crippen molar-refractivity contribution in [1.29, 1.82) is 0 Å². The van der Waals surface area contributed by atoms with Crippen LogP contribution in [0.3, 0.4) is 0 Å². The summed E-state index contributed by atoms with van der Waals surface area (Å²) in [5.41, 5.74) is 0. The Kier molecular flexibility index (Phi) is 33.4. The van der Waals surface area contributed by atoms with Gasteiger partial charge in [0.1, 0.15) is 13.2 Å². The molecule has 1 aliphatic rings. The molecule has 0 unspecified atom stereocenters. The van der Waals surface area contributed by atoms with Crippen LogP contribution in [0.25, 0.3) is 0 Å². The number of unbranched alkanes of at least 4 members (excludes halogenated alkanes) is 8. The summed E-state index contributed by atoms with van der Waals surface area (Å²) in [5.74, 6) is 0. The number of carbonyl (C=O) groups is 4. The molecule has 0 aromatic carbocycles. The molecule has 1 saturated carbocycles. The minimum Gasteiger partial charge on any atom is -0.447 e. The molecule has 0 aromatic rings. The van der Waals surface area contributed by atoms with Crippen molar-refractivity contribution in [2.24, 2.45) is 0 Å². The van der Waals surface area contributed by atoms with E-state index in [2.05, 4.69) is 45.7 Å². The zero-order valence-electron chi connectivity index (χ0n) is 33.5. The van der Waals surface area contributed by atoms with Gasteiger partial charge in [-0.3, -0.25) is 0 Å². The van der Waals surface area contributed by atoms with Gasteiger partial charge in [-0.1, -0.05) is 65.2 Å². The van der Waals surface area contributed by atoms with Crippen LogP contribution in [0.2, 0.25) is 0 Å². The van der Waals surface area contributed by atoms with E-state index in [-0.39, 0.29) is 37.4 Å². The Morgan fingerprint density at radius 3 is 1.13 bits per heavy atom. The van der Waals surface area contributed by atoms with Crippen molar-refractivity contribution < 1.29 is 47.6 Å². The van der Waals surface area contributed by atoms with Gasteiger partial charge in [0.15, 0.2) is 0 Å². The molecule has 1 rings (SSSR count). The van der Waals surface area contributed by atoms with Gasteiger partial charge in [0.25, 0.3) is 0 Å². The summed E-state index contributed by atoms with van der Waals surface area (Å²) >= 11 is 0. The van der Waals surface area contributed by atoms with Crippen LogP contribution in [0.1, 0.15) is 117 Å². The topological polar surface area (TPSA) is 196 Å². The highest BCUT2D eigenvalue weighted by atomic mass is 16.6. The largest absolute Gasteiger partial charge is 0.447 e. The molecule has 6 N–H and O–H groups in total. The monoisotopic (exact) mass is 775 g/mol. The molecular weight excluding hydrogens is 700 g/mol. The molecular formula is C38H74N6O10. The first-order chi connectivity index (χ1) is 26.5. The maximum absolute atomic E-state index is 12.6. The van der Waals surface area contributed by atoms with Gasteiger partial charge >= 0.3 is 24.2 Å². The number of alkyl carbamates (subject to hydrolysis) is 2. The summed E-state index contributed by atoms with van der Waals surface area (Å²) in [6.45, 7) is 11.1. The Balaban J connectivity index is 1.98. The minimum absolute atomic E-state index is 0.118. The number of hydrogen-bond acceptors (Lipinski definition) is 10. The molecule has 0 radical (unpaired) electrons. The van der Waals surface area contributed by atoms with Gasteiger partial charge in [-0.2, -0.15) is 0 Å². The maximum Gasteiger partial charge on any atom is 0.407 e. The lowest BCUT2D eigenvalue weighted by molar-refractivity contribution is 0.0274. The predicted octanol–water partition coefficient (Wildman–Crippen LogP) is 5.14. The third kappa shape index (κ3) is 31.3. The number of urea groups is 2. The second-order valence-corrected chi connectivity index (χ2v) is 13.4. The minimum atomic E-state index is -0.445. The Morgan fingerprint density at radius 2 is 0.759 bits per heavy atom. The van der Waals surface area contributed by atoms with Crippen molar-refractivity contribution in [2.45, 2.75) is 129 Å². The molecule has 1 aliphatic carbocycles. The van der Waals surface area contributed by atoms with Gasteiger partial charge in [-0.15, -0.1) is 0 Å². The number of rotatable bonds is 34. The lowest BCUT2D eigenvalue weighted by Gasteiger charge is -2.32. The molecule has 0 saturated heterocycles. The molecule has 0 aromatic heterocycles. The third-order valence-corrected chi connectivity index (χ3v) is 8.67. The van der Waals surface area contributed by atoms with E-state index >= 15 is 0 Å². The van der Waals surface area contributed by atoms with Gasteiger partial charge in [0, 0.05) is 39.4 Å². The molecule has 316 valence electrons. The van der Waals surface area contributed by atoms with Crippen molar-refractivity contribution in [3.8, 4) is 0 Å². The number of hydrogen-bond donors (Lipinski definition) is 6. The van der Waals surface area contributed by atoms with Crippen LogP contribution in [0, 0.1) is 0 Å². The first-order valence-electron chi connectivity index (χ1n) is 20.7. The lowest BCUT2D eigenvalue weighted by Crippen LogP contribution is -2.56. The van der Waals surface area contributed by atoms with Crippen LogP contribution in [-0.2, 0) is 28.4 Å². The summed E-state index contributed by atoms with van der Waals surface area (Å²) < 4.78 is 31.8. The molecule has 16 heteroatoms. The molecule has 16 nitrogen and oxygen atoms in total. The van der Waals surface area contributed by atoms with Gasteiger partial charge < -0.3 is 60.3 Å². The van der Waals surface area contributed by atoms with Crippen LogP contribution in [0.15, 0.2) is 0 Å². The van der Waals surface area contributed by atoms with Crippen LogP contribution in [0.5, 0.6) is 0 Å². The summed E-state index contributed by atoms with van der Waals surface area (Å²) in [6.07, 6.45) is 14.1. The normalized spacial score (nSPS) is 15.2. The Bertz CT molecular complexity index is 863. The van der Waals surface area contributed by atoms with E-state index in [9.17, 15) is 19.2 Å². The van der Waals surface area contributed by atoms with E-state index in [1.807, 2.05) is 0 Å². The zero-order chi connectivity index (χ0) is 39.2. The number of carbonyl (C=O) groups excluding carboxylic acids is 4. The number of ether oxygens (including phenoxy) is 6. The van der Waals surface area contributed by atoms with E-state index in [4.69, 9.17) is 28.4 Å². The van der Waals surface area contributed by atoms with Crippen LogP contribution in [0.4, 0.5) is 19.2 Å². The van der Waals surface area contributed by atoms with Crippen molar-refractivity contribution in [2.75, 3.05) is 92.2 Å². The second-order valence-electron chi connectivity index (χ2n) is 13.4. The maximum atomic E-state index is 12.6. The van der Waals surface area contributed by atoms with Gasteiger partial charge in [-0.25, -0.2) is 19.2 Å². The van der Waals surface area contributed by atoms with Crippen molar-refractivity contribution >= 4 is 24.2 Å². The highest BCUT2D eigenvalue weighted by Crippen LogP contribution is 2.18. The fourth-order valence-electron chi connectivity index (χ4n) is 5.53. The molecule has 54 heavy (non-hydrogen) atoms. The average molecular weight is 775 g/mol. The Morgan fingerprint density at radius 1 is 0.426 bits per heavy atom. The van der Waals surface area contributed by atoms with E-state index in [0.717, 1.165) is 116 Å². The lowest BCUT2D eigenvalue weighted by atomic mass is 9.90. The second kappa shape index (κ2) is 36.9. The van der Waals surface area contributed by atoms with E-state index < -0.39 is 12.2 Å². The van der Waals surface area contributed by atoms with Crippen LogP contribution in [-0.4, -0.2) is 129 Å². The molecule has 0 heterocycles. The quantitative estimate of drug-likeness (QED) is 0.0477. The fraction of sp³-hybridized carbons (Fsp3) is 0.895. The molecule has 2 atom stereocenters. The third-order valence-electron chi connectivity index (χ3n) is 8.67. The number of nitrogens with one attached hydrogen (secondary N) is 6. The smallest absolute Gasteiger partial charge is 0.407 e. The average Bonchev–Trinajstić information content (AvgIpc) is 3.16. The van der Waals surface area contributed by atoms with E-state index in [1.165, 1.54) is 0 Å². The summed E-state index contributed by atoms with van der Waals surface area (Å²) in [7, 11) is 0. The first-order valence-corrected chi connectivity index (χ1v) is 20.7. The van der Waals surface area contributed by atoms with Crippen molar-refractivity contribution in [3.05, 3.63) is 0 Å². The van der Waals surface area contributed by atoms with Gasteiger partial charge in [0.2, 0.25) is 0 Å². The fourth-order valence-corrected chi connectivity index (χ4v) is 5.53. The Labute approximate surface area is 324 Å². The SMILES string of the molecule is CCCCOCCOCCOC(=O)NCCCCCCNC(=O)N[C@H]1CCCC[C@@H]1NC(=O)NCCCCCCNC(=O)OCCOCCOCCCC. The number of amides is 6. The van der Waals surface area contributed by atoms with Gasteiger partial charge in [0.05, 0.1) is 51.7 Å². The molecule has 6 amide bonds. The molecule has 0 aliphatic heterocycles. The first kappa shape index (κ1) is 48.9. The molecule has 0 bridgehead atoms. The van der Waals surface area contributed by atoms with Crippen molar-refractivity contribution in [3.63, 3.8) is 0 Å². The molecule has 0 spiro atoms. The van der Waals surface area contributed by atoms with Crippen LogP contribution >= 0.6 is 0 Å². The van der Waals surface area contributed by atoms with E-state index in [1.54, 1.807) is 0 Å². The zero-order valence-corrected chi connectivity index (χ0v) is 33.5. The summed E-state index contributed by atoms with van der Waals surface area (Å²) in [6, 6.07) is -0.675. The van der Waals surface area contributed by atoms with Gasteiger partial charge in [-0.05, 0) is 51.4 Å². The van der Waals surface area contributed by atoms with E-state index in [0.29, 0.717) is 65.8 Å². The van der Waals surface area contributed by atoms with Crippen molar-refractivity contribution in [1.82, 2.24) is 31.9 Å². The van der Waals surface area contributed by atoms with Crippen LogP contribution < -0.4 is 31.9 Å². The molecule has 1 fully saturated rings. The predicted molar refractivity (Wildman–Crippen MR) is 208 cm³/mol. The summed E-state index contributed by atoms with van der Waals surface area (Å²) in [4.78, 5) is 48.6.